The van der Waals surface area contributed by atoms with Crippen LogP contribution in [0, 0.1) is 0 Å². The summed E-state index contributed by atoms with van der Waals surface area (Å²) in [5.74, 6) is 0.926. The van der Waals surface area contributed by atoms with E-state index in [1.54, 1.807) is 0 Å². The molecule has 1 aliphatic rings. The van der Waals surface area contributed by atoms with Crippen LogP contribution in [0.3, 0.4) is 0 Å². The van der Waals surface area contributed by atoms with Crippen LogP contribution >= 0.6 is 0 Å². The highest BCUT2D eigenvalue weighted by Gasteiger charge is 2.19. The Morgan fingerprint density at radius 2 is 1.90 bits per heavy atom. The third kappa shape index (κ3) is 2.56. The van der Waals surface area contributed by atoms with E-state index in [1.807, 2.05) is 26.0 Å². The first kappa shape index (κ1) is 13.2. The molecule has 104 valence electrons. The van der Waals surface area contributed by atoms with Crippen LogP contribution in [0.25, 0.3) is 11.1 Å². The summed E-state index contributed by atoms with van der Waals surface area (Å²) >= 11 is 0. The molecule has 2 heteroatoms. The SMILES string of the molecule is CC(C)Oc1cccc(-c2ccc3c(c2)CCC3N)c1. The standard InChI is InChI=1S/C18H21NO/c1-12(2)20-16-5-3-4-13(11-16)14-6-8-17-15(10-14)7-9-18(17)19/h3-6,8,10-12,18H,7,9,19H2,1-2H3. The van der Waals surface area contributed by atoms with Crippen molar-refractivity contribution in [2.24, 2.45) is 5.73 Å². The van der Waals surface area contributed by atoms with E-state index in [0.717, 1.165) is 18.6 Å². The number of fused-ring (bicyclic) bond motifs is 1. The van der Waals surface area contributed by atoms with Crippen molar-refractivity contribution in [1.29, 1.82) is 0 Å². The summed E-state index contributed by atoms with van der Waals surface area (Å²) in [6, 6.07) is 15.1. The quantitative estimate of drug-likeness (QED) is 0.909. The summed E-state index contributed by atoms with van der Waals surface area (Å²) in [6.07, 6.45) is 2.35. The Morgan fingerprint density at radius 1 is 1.10 bits per heavy atom. The molecule has 0 aromatic heterocycles. The Balaban J connectivity index is 1.93. The average Bonchev–Trinajstić information content (AvgIpc) is 2.79. The monoisotopic (exact) mass is 267 g/mol. The third-order valence-electron chi connectivity index (χ3n) is 3.81. The molecular weight excluding hydrogens is 246 g/mol. The van der Waals surface area contributed by atoms with Gasteiger partial charge in [0.2, 0.25) is 0 Å². The van der Waals surface area contributed by atoms with Gasteiger partial charge in [0.25, 0.3) is 0 Å². The number of hydrogen-bond donors (Lipinski definition) is 1. The van der Waals surface area contributed by atoms with Crippen LogP contribution in [-0.4, -0.2) is 6.10 Å². The molecule has 0 saturated heterocycles. The van der Waals surface area contributed by atoms with Crippen LogP contribution in [0.2, 0.25) is 0 Å². The highest BCUT2D eigenvalue weighted by Crippen LogP contribution is 2.33. The molecule has 1 atom stereocenters. The van der Waals surface area contributed by atoms with Crippen molar-refractivity contribution in [3.05, 3.63) is 53.6 Å². The lowest BCUT2D eigenvalue weighted by Gasteiger charge is -2.12. The fraction of sp³-hybridized carbons (Fsp3) is 0.333. The van der Waals surface area contributed by atoms with Crippen LogP contribution in [0.1, 0.15) is 37.4 Å². The number of rotatable bonds is 3. The van der Waals surface area contributed by atoms with Gasteiger partial charge in [0.15, 0.2) is 0 Å². The molecule has 3 rings (SSSR count). The van der Waals surface area contributed by atoms with Gasteiger partial charge in [-0.15, -0.1) is 0 Å². The largest absolute Gasteiger partial charge is 0.491 e. The number of nitrogens with two attached hydrogens (primary N) is 1. The average molecular weight is 267 g/mol. The molecule has 0 saturated carbocycles. The van der Waals surface area contributed by atoms with Crippen LogP contribution in [0.5, 0.6) is 5.75 Å². The minimum Gasteiger partial charge on any atom is -0.491 e. The van der Waals surface area contributed by atoms with Gasteiger partial charge in [-0.1, -0.05) is 30.3 Å². The lowest BCUT2D eigenvalue weighted by molar-refractivity contribution is 0.242. The topological polar surface area (TPSA) is 35.2 Å². The maximum Gasteiger partial charge on any atom is 0.120 e. The molecular formula is C18H21NO. The predicted molar refractivity (Wildman–Crippen MR) is 82.9 cm³/mol. The second-order valence-electron chi connectivity index (χ2n) is 5.75. The lowest BCUT2D eigenvalue weighted by Crippen LogP contribution is -2.05. The van der Waals surface area contributed by atoms with Crippen molar-refractivity contribution in [3.8, 4) is 16.9 Å². The van der Waals surface area contributed by atoms with Crippen molar-refractivity contribution >= 4 is 0 Å². The van der Waals surface area contributed by atoms with Crippen molar-refractivity contribution in [2.45, 2.75) is 38.8 Å². The Labute approximate surface area is 120 Å². The zero-order chi connectivity index (χ0) is 14.1. The van der Waals surface area contributed by atoms with Crippen LogP contribution in [-0.2, 0) is 6.42 Å². The smallest absolute Gasteiger partial charge is 0.120 e. The first-order valence-corrected chi connectivity index (χ1v) is 7.29. The minimum atomic E-state index is 0.197. The fourth-order valence-electron chi connectivity index (χ4n) is 2.85. The van der Waals surface area contributed by atoms with Gasteiger partial charge in [0, 0.05) is 6.04 Å². The van der Waals surface area contributed by atoms with E-state index in [0.29, 0.717) is 0 Å². The third-order valence-corrected chi connectivity index (χ3v) is 3.81. The lowest BCUT2D eigenvalue weighted by atomic mass is 10.00. The van der Waals surface area contributed by atoms with Gasteiger partial charge in [-0.05, 0) is 61.1 Å². The second kappa shape index (κ2) is 5.29. The molecule has 20 heavy (non-hydrogen) atoms. The highest BCUT2D eigenvalue weighted by atomic mass is 16.5. The number of hydrogen-bond acceptors (Lipinski definition) is 2. The molecule has 0 bridgehead atoms. The Bertz CT molecular complexity index is 619. The molecule has 0 spiro atoms. The van der Waals surface area contributed by atoms with Crippen LogP contribution in [0.4, 0.5) is 0 Å². The Hall–Kier alpha value is -1.80. The number of benzene rings is 2. The van der Waals surface area contributed by atoms with Crippen molar-refractivity contribution in [2.75, 3.05) is 0 Å². The van der Waals surface area contributed by atoms with Crippen molar-refractivity contribution in [3.63, 3.8) is 0 Å². The second-order valence-corrected chi connectivity index (χ2v) is 5.75. The molecule has 2 aromatic carbocycles. The van der Waals surface area contributed by atoms with Gasteiger partial charge in [-0.2, -0.15) is 0 Å². The van der Waals surface area contributed by atoms with E-state index in [-0.39, 0.29) is 12.1 Å². The fourth-order valence-corrected chi connectivity index (χ4v) is 2.85. The minimum absolute atomic E-state index is 0.197. The highest BCUT2D eigenvalue weighted by molar-refractivity contribution is 5.67. The van der Waals surface area contributed by atoms with E-state index < -0.39 is 0 Å². The molecule has 0 heterocycles. The summed E-state index contributed by atoms with van der Waals surface area (Å²) < 4.78 is 5.77. The molecule has 0 amide bonds. The van der Waals surface area contributed by atoms with Crippen LogP contribution < -0.4 is 10.5 Å². The summed E-state index contributed by atoms with van der Waals surface area (Å²) in [6.45, 7) is 4.09. The molecule has 2 aromatic rings. The molecule has 0 fully saturated rings. The molecule has 1 unspecified atom stereocenters. The number of ether oxygens (including phenoxy) is 1. The van der Waals surface area contributed by atoms with E-state index in [4.69, 9.17) is 10.5 Å². The normalized spacial score (nSPS) is 17.3. The summed E-state index contributed by atoms with van der Waals surface area (Å²) in [5, 5.41) is 0. The van der Waals surface area contributed by atoms with Gasteiger partial charge < -0.3 is 10.5 Å². The Kier molecular flexibility index (Phi) is 3.49. The zero-order valence-corrected chi connectivity index (χ0v) is 12.1. The molecule has 0 radical (unpaired) electrons. The summed E-state index contributed by atoms with van der Waals surface area (Å²) in [4.78, 5) is 0. The summed E-state index contributed by atoms with van der Waals surface area (Å²) in [7, 11) is 0. The van der Waals surface area contributed by atoms with E-state index in [9.17, 15) is 0 Å². The van der Waals surface area contributed by atoms with Gasteiger partial charge in [-0.3, -0.25) is 0 Å². The van der Waals surface area contributed by atoms with E-state index >= 15 is 0 Å². The van der Waals surface area contributed by atoms with Gasteiger partial charge >= 0.3 is 0 Å². The summed E-state index contributed by atoms with van der Waals surface area (Å²) in [5.41, 5.74) is 11.2. The van der Waals surface area contributed by atoms with Crippen molar-refractivity contribution < 1.29 is 4.74 Å². The first-order valence-electron chi connectivity index (χ1n) is 7.29. The maximum absolute atomic E-state index is 6.09. The predicted octanol–water partition coefficient (Wildman–Crippen LogP) is 4.09. The molecule has 0 aliphatic heterocycles. The van der Waals surface area contributed by atoms with E-state index in [2.05, 4.69) is 30.3 Å². The maximum atomic E-state index is 6.09. The molecule has 1 aliphatic carbocycles. The number of aryl methyl sites for hydroxylation is 1. The van der Waals surface area contributed by atoms with Gasteiger partial charge in [-0.25, -0.2) is 0 Å². The van der Waals surface area contributed by atoms with Gasteiger partial charge in [0.05, 0.1) is 6.10 Å². The first-order chi connectivity index (χ1) is 9.63. The van der Waals surface area contributed by atoms with Crippen LogP contribution in [0.15, 0.2) is 42.5 Å². The zero-order valence-electron chi connectivity index (χ0n) is 12.1. The molecule has 2 N–H and O–H groups in total. The molecule has 2 nitrogen and oxygen atoms in total. The van der Waals surface area contributed by atoms with E-state index in [1.165, 1.54) is 22.3 Å². The van der Waals surface area contributed by atoms with Gasteiger partial charge in [0.1, 0.15) is 5.75 Å². The Morgan fingerprint density at radius 3 is 2.70 bits per heavy atom. The van der Waals surface area contributed by atoms with Crippen molar-refractivity contribution in [1.82, 2.24) is 0 Å².